The first-order valence-electron chi connectivity index (χ1n) is 6.56. The Morgan fingerprint density at radius 1 is 1.38 bits per heavy atom. The minimum Gasteiger partial charge on any atom is -0.338 e. The largest absolute Gasteiger partial charge is 0.338 e. The van der Waals surface area contributed by atoms with Gasteiger partial charge in [-0.25, -0.2) is 0 Å². The van der Waals surface area contributed by atoms with E-state index >= 15 is 0 Å². The molecule has 1 aromatic heterocycles. The first-order valence-corrected chi connectivity index (χ1v) is 6.56. The molecule has 2 aromatic rings. The molecule has 0 radical (unpaired) electrons. The zero-order chi connectivity index (χ0) is 15.4. The molecule has 5 nitrogen and oxygen atoms in total. The summed E-state index contributed by atoms with van der Waals surface area (Å²) in [7, 11) is 0. The minimum absolute atomic E-state index is 0.245. The fraction of sp³-hybridized carbons (Fsp3) is 0.250. The number of aromatic nitrogens is 1. The number of benzene rings is 1. The third-order valence-corrected chi connectivity index (χ3v) is 3.13. The van der Waals surface area contributed by atoms with Gasteiger partial charge in [0.25, 0.3) is 5.91 Å². The summed E-state index contributed by atoms with van der Waals surface area (Å²) in [5, 5.41) is 6.54. The Hall–Kier alpha value is -2.58. The van der Waals surface area contributed by atoms with Crippen molar-refractivity contribution in [3.05, 3.63) is 46.1 Å². The molecule has 0 bridgehead atoms. The van der Waals surface area contributed by atoms with Gasteiger partial charge in [-0.2, -0.15) is 0 Å². The van der Waals surface area contributed by atoms with Gasteiger partial charge in [-0.15, -0.1) is 0 Å². The third kappa shape index (κ3) is 3.30. The molecule has 0 fully saturated rings. The number of rotatable bonds is 2. The lowest BCUT2D eigenvalue weighted by molar-refractivity contribution is 0.102. The van der Waals surface area contributed by atoms with Crippen LogP contribution in [0, 0.1) is 32.6 Å². The van der Waals surface area contributed by atoms with Crippen LogP contribution in [0.1, 0.15) is 32.7 Å². The molecular formula is C16H17N3O2. The molecule has 108 valence electrons. The fourth-order valence-corrected chi connectivity index (χ4v) is 1.80. The summed E-state index contributed by atoms with van der Waals surface area (Å²) in [4.78, 5) is 12.4. The van der Waals surface area contributed by atoms with E-state index in [-0.39, 0.29) is 12.5 Å². The first-order chi connectivity index (χ1) is 10.0. The van der Waals surface area contributed by atoms with Crippen molar-refractivity contribution in [2.45, 2.75) is 20.8 Å². The molecule has 1 aromatic carbocycles. The second kappa shape index (κ2) is 6.25. The van der Waals surface area contributed by atoms with Crippen molar-refractivity contribution in [1.29, 1.82) is 0 Å². The maximum absolute atomic E-state index is 12.4. The van der Waals surface area contributed by atoms with Crippen LogP contribution in [0.15, 0.2) is 22.7 Å². The van der Waals surface area contributed by atoms with Crippen molar-refractivity contribution < 1.29 is 9.32 Å². The molecule has 2 rings (SSSR count). The topological polar surface area (TPSA) is 81.2 Å². The molecular weight excluding hydrogens is 266 g/mol. The van der Waals surface area contributed by atoms with Gasteiger partial charge in [0, 0.05) is 11.1 Å². The van der Waals surface area contributed by atoms with Gasteiger partial charge in [0.1, 0.15) is 0 Å². The summed E-state index contributed by atoms with van der Waals surface area (Å²) in [5.41, 5.74) is 9.04. The number of carbonyl (C=O) groups is 1. The van der Waals surface area contributed by atoms with E-state index in [0.717, 1.165) is 16.8 Å². The monoisotopic (exact) mass is 283 g/mol. The van der Waals surface area contributed by atoms with Crippen molar-refractivity contribution in [3.63, 3.8) is 0 Å². The Morgan fingerprint density at radius 3 is 2.76 bits per heavy atom. The van der Waals surface area contributed by atoms with Gasteiger partial charge < -0.3 is 10.3 Å². The molecule has 21 heavy (non-hydrogen) atoms. The average molecular weight is 283 g/mol. The summed E-state index contributed by atoms with van der Waals surface area (Å²) < 4.78 is 5.10. The molecule has 0 spiro atoms. The highest BCUT2D eigenvalue weighted by Gasteiger charge is 2.15. The molecule has 1 amide bonds. The highest BCUT2D eigenvalue weighted by atomic mass is 16.5. The number of aryl methyl sites for hydroxylation is 2. The van der Waals surface area contributed by atoms with Crippen LogP contribution in [0.3, 0.4) is 0 Å². The molecule has 0 aliphatic carbocycles. The summed E-state index contributed by atoms with van der Waals surface area (Å²) >= 11 is 0. The van der Waals surface area contributed by atoms with E-state index in [1.807, 2.05) is 32.9 Å². The molecule has 0 aliphatic rings. The molecule has 0 aliphatic heterocycles. The van der Waals surface area contributed by atoms with E-state index < -0.39 is 0 Å². The molecule has 3 N–H and O–H groups in total. The smallest absolute Gasteiger partial charge is 0.259 e. The standard InChI is InChI=1S/C16H17N3O2/c1-10-6-7-13(5-4-8-17)14(9-10)15(20)18-16-11(2)12(3)19-21-16/h6-7,9H,8,17H2,1-3H3,(H,18,20). The van der Waals surface area contributed by atoms with Crippen molar-refractivity contribution in [2.75, 3.05) is 11.9 Å². The molecule has 0 saturated heterocycles. The normalized spacial score (nSPS) is 9.90. The number of anilines is 1. The van der Waals surface area contributed by atoms with Crippen molar-refractivity contribution in [2.24, 2.45) is 5.73 Å². The zero-order valence-corrected chi connectivity index (χ0v) is 12.3. The van der Waals surface area contributed by atoms with Gasteiger partial charge >= 0.3 is 0 Å². The number of amides is 1. The number of nitrogens with one attached hydrogen (secondary N) is 1. The fourth-order valence-electron chi connectivity index (χ4n) is 1.80. The van der Waals surface area contributed by atoms with E-state index in [9.17, 15) is 4.79 Å². The SMILES string of the molecule is Cc1ccc(C#CCN)c(C(=O)Nc2onc(C)c2C)c1. The Bertz CT molecular complexity index is 736. The van der Waals surface area contributed by atoms with Crippen LogP contribution < -0.4 is 11.1 Å². The highest BCUT2D eigenvalue weighted by Crippen LogP contribution is 2.19. The summed E-state index contributed by atoms with van der Waals surface area (Å²) in [5.74, 6) is 5.74. The average Bonchev–Trinajstić information content (AvgIpc) is 2.78. The molecule has 0 atom stereocenters. The zero-order valence-electron chi connectivity index (χ0n) is 12.3. The highest BCUT2D eigenvalue weighted by molar-refractivity contribution is 6.05. The summed E-state index contributed by atoms with van der Waals surface area (Å²) in [6.45, 7) is 5.82. The second-order valence-corrected chi connectivity index (χ2v) is 4.73. The van der Waals surface area contributed by atoms with Crippen LogP contribution in [0.2, 0.25) is 0 Å². The van der Waals surface area contributed by atoms with Crippen LogP contribution in [0.5, 0.6) is 0 Å². The van der Waals surface area contributed by atoms with Crippen LogP contribution in [0.4, 0.5) is 5.88 Å². The van der Waals surface area contributed by atoms with Gasteiger partial charge in [-0.1, -0.05) is 28.6 Å². The number of hydrogen-bond acceptors (Lipinski definition) is 4. The van der Waals surface area contributed by atoms with E-state index in [4.69, 9.17) is 10.3 Å². The second-order valence-electron chi connectivity index (χ2n) is 4.73. The molecule has 0 unspecified atom stereocenters. The lowest BCUT2D eigenvalue weighted by Gasteiger charge is -2.06. The maximum atomic E-state index is 12.4. The van der Waals surface area contributed by atoms with Crippen LogP contribution in [0.25, 0.3) is 0 Å². The lowest BCUT2D eigenvalue weighted by Crippen LogP contribution is -2.14. The Kier molecular flexibility index (Phi) is 4.41. The molecule has 5 heteroatoms. The number of carbonyl (C=O) groups excluding carboxylic acids is 1. The Labute approximate surface area is 123 Å². The van der Waals surface area contributed by atoms with E-state index in [2.05, 4.69) is 22.3 Å². The van der Waals surface area contributed by atoms with Crippen LogP contribution in [-0.4, -0.2) is 17.6 Å². The van der Waals surface area contributed by atoms with Gasteiger partial charge in [0.15, 0.2) is 0 Å². The summed E-state index contributed by atoms with van der Waals surface area (Å²) in [6.07, 6.45) is 0. The van der Waals surface area contributed by atoms with E-state index in [1.54, 1.807) is 6.07 Å². The molecule has 0 saturated carbocycles. The predicted molar refractivity (Wildman–Crippen MR) is 81.0 cm³/mol. The van der Waals surface area contributed by atoms with Crippen LogP contribution in [-0.2, 0) is 0 Å². The third-order valence-electron chi connectivity index (χ3n) is 3.13. The molecule has 1 heterocycles. The Morgan fingerprint density at radius 2 is 2.14 bits per heavy atom. The quantitative estimate of drug-likeness (QED) is 0.828. The number of nitrogens with zero attached hydrogens (tertiary/aromatic N) is 1. The first kappa shape index (κ1) is 14.8. The van der Waals surface area contributed by atoms with Gasteiger partial charge in [-0.3, -0.25) is 10.1 Å². The maximum Gasteiger partial charge on any atom is 0.259 e. The minimum atomic E-state index is -0.278. The number of hydrogen-bond donors (Lipinski definition) is 2. The van der Waals surface area contributed by atoms with Crippen molar-refractivity contribution in [1.82, 2.24) is 5.16 Å². The van der Waals surface area contributed by atoms with E-state index in [1.165, 1.54) is 0 Å². The van der Waals surface area contributed by atoms with Gasteiger partial charge in [0.2, 0.25) is 5.88 Å². The van der Waals surface area contributed by atoms with Gasteiger partial charge in [0.05, 0.1) is 17.8 Å². The van der Waals surface area contributed by atoms with Crippen molar-refractivity contribution in [3.8, 4) is 11.8 Å². The van der Waals surface area contributed by atoms with Crippen molar-refractivity contribution >= 4 is 11.8 Å². The van der Waals surface area contributed by atoms with E-state index in [0.29, 0.717) is 17.0 Å². The Balaban J connectivity index is 2.34. The lowest BCUT2D eigenvalue weighted by atomic mass is 10.0. The van der Waals surface area contributed by atoms with Gasteiger partial charge in [-0.05, 0) is 32.9 Å². The number of nitrogens with two attached hydrogens (primary N) is 1. The van der Waals surface area contributed by atoms with Crippen LogP contribution >= 0.6 is 0 Å². The summed E-state index contributed by atoms with van der Waals surface area (Å²) in [6, 6.07) is 5.50. The predicted octanol–water partition coefficient (Wildman–Crippen LogP) is 2.16.